The normalized spacial score (nSPS) is 12.0. The maximum Gasteiger partial charge on any atom is 0.251 e. The predicted molar refractivity (Wildman–Crippen MR) is 133 cm³/mol. The van der Waals surface area contributed by atoms with Crippen molar-refractivity contribution in [1.29, 1.82) is 0 Å². The zero-order chi connectivity index (χ0) is 24.2. The van der Waals surface area contributed by atoms with E-state index in [0.717, 1.165) is 22.4 Å². The van der Waals surface area contributed by atoms with E-state index in [1.54, 1.807) is 24.3 Å². The zero-order valence-electron chi connectivity index (χ0n) is 19.4. The first kappa shape index (κ1) is 22.5. The second-order valence-corrected chi connectivity index (χ2v) is 8.45. The van der Waals surface area contributed by atoms with E-state index in [2.05, 4.69) is 10.6 Å². The summed E-state index contributed by atoms with van der Waals surface area (Å²) in [7, 11) is 0. The van der Waals surface area contributed by atoms with Crippen LogP contribution in [0.15, 0.2) is 66.7 Å². The molecule has 0 saturated heterocycles. The third-order valence-electron chi connectivity index (χ3n) is 5.83. The van der Waals surface area contributed by atoms with Crippen LogP contribution in [0.25, 0.3) is 11.0 Å². The van der Waals surface area contributed by atoms with Crippen LogP contribution in [0.5, 0.6) is 11.5 Å². The van der Waals surface area contributed by atoms with Crippen LogP contribution in [0.3, 0.4) is 0 Å². The third kappa shape index (κ3) is 5.11. The van der Waals surface area contributed by atoms with Crippen LogP contribution in [-0.2, 0) is 17.8 Å². The first-order valence-corrected chi connectivity index (χ1v) is 11.6. The van der Waals surface area contributed by atoms with Crippen LogP contribution < -0.4 is 20.1 Å². The lowest BCUT2D eigenvalue weighted by molar-refractivity contribution is -0.116. The molecule has 5 rings (SSSR count). The van der Waals surface area contributed by atoms with Gasteiger partial charge in [0.15, 0.2) is 11.5 Å². The first-order chi connectivity index (χ1) is 17.1. The largest absolute Gasteiger partial charge is 0.454 e. The van der Waals surface area contributed by atoms with Gasteiger partial charge < -0.3 is 24.7 Å². The number of nitrogens with one attached hydrogen (secondary N) is 2. The number of amides is 2. The smallest absolute Gasteiger partial charge is 0.251 e. The summed E-state index contributed by atoms with van der Waals surface area (Å²) in [6.45, 7) is 2.78. The molecular formula is C27H26N4O4. The van der Waals surface area contributed by atoms with E-state index in [4.69, 9.17) is 14.5 Å². The molecule has 0 radical (unpaired) electrons. The molecule has 4 aromatic rings. The van der Waals surface area contributed by atoms with Crippen LogP contribution in [0.2, 0.25) is 0 Å². The number of hydrogen-bond acceptors (Lipinski definition) is 5. The highest BCUT2D eigenvalue weighted by atomic mass is 16.7. The van der Waals surface area contributed by atoms with Gasteiger partial charge in [0.05, 0.1) is 11.0 Å². The molecule has 0 atom stereocenters. The van der Waals surface area contributed by atoms with Gasteiger partial charge in [-0.15, -0.1) is 0 Å². The number of imidazole rings is 1. The molecule has 0 unspecified atom stereocenters. The van der Waals surface area contributed by atoms with Gasteiger partial charge in [0.25, 0.3) is 5.91 Å². The number of para-hydroxylation sites is 2. The van der Waals surface area contributed by atoms with Gasteiger partial charge in [-0.3, -0.25) is 9.59 Å². The fourth-order valence-electron chi connectivity index (χ4n) is 4.15. The minimum absolute atomic E-state index is 0.0923. The average Bonchev–Trinajstić information content (AvgIpc) is 3.46. The number of carbonyl (C=O) groups excluding carboxylic acids is 2. The second-order valence-electron chi connectivity index (χ2n) is 8.45. The molecule has 1 aliphatic heterocycles. The lowest BCUT2D eigenvalue weighted by atomic mass is 10.1. The van der Waals surface area contributed by atoms with E-state index in [-0.39, 0.29) is 25.2 Å². The second kappa shape index (κ2) is 9.89. The van der Waals surface area contributed by atoms with E-state index in [1.165, 1.54) is 0 Å². The predicted octanol–water partition coefficient (Wildman–Crippen LogP) is 4.07. The molecule has 0 spiro atoms. The topological polar surface area (TPSA) is 94.5 Å². The van der Waals surface area contributed by atoms with Crippen LogP contribution in [-0.4, -0.2) is 34.7 Å². The summed E-state index contributed by atoms with van der Waals surface area (Å²) < 4.78 is 12.6. The van der Waals surface area contributed by atoms with Crippen molar-refractivity contribution in [1.82, 2.24) is 14.9 Å². The minimum Gasteiger partial charge on any atom is -0.454 e. The minimum atomic E-state index is -0.166. The summed E-state index contributed by atoms with van der Waals surface area (Å²) in [5, 5.41) is 5.89. The molecular weight excluding hydrogens is 444 g/mol. The fourth-order valence-corrected chi connectivity index (χ4v) is 4.15. The Kier molecular flexibility index (Phi) is 6.34. The SMILES string of the molecule is Cc1cccc(C(=O)NCCCc2nc3ccccc3n2CC(=O)Nc2ccc3c(c2)OCO3)c1. The number of aromatic nitrogens is 2. The molecule has 0 aliphatic carbocycles. The van der Waals surface area contributed by atoms with Crippen molar-refractivity contribution in [3.63, 3.8) is 0 Å². The molecule has 1 aliphatic rings. The van der Waals surface area contributed by atoms with Crippen LogP contribution >= 0.6 is 0 Å². The number of anilines is 1. The number of nitrogens with zero attached hydrogens (tertiary/aromatic N) is 2. The fraction of sp³-hybridized carbons (Fsp3) is 0.222. The number of rotatable bonds is 8. The quantitative estimate of drug-likeness (QED) is 0.379. The average molecular weight is 471 g/mol. The maximum atomic E-state index is 12.9. The van der Waals surface area contributed by atoms with Gasteiger partial charge >= 0.3 is 0 Å². The first-order valence-electron chi connectivity index (χ1n) is 11.6. The summed E-state index contributed by atoms with van der Waals surface area (Å²) in [5.41, 5.74) is 4.07. The highest BCUT2D eigenvalue weighted by Crippen LogP contribution is 2.34. The van der Waals surface area contributed by atoms with Gasteiger partial charge in [-0.25, -0.2) is 4.98 Å². The van der Waals surface area contributed by atoms with E-state index in [1.807, 2.05) is 54.0 Å². The van der Waals surface area contributed by atoms with Crippen molar-refractivity contribution in [3.05, 3.63) is 83.7 Å². The Bertz CT molecular complexity index is 1400. The Balaban J connectivity index is 1.24. The maximum absolute atomic E-state index is 12.9. The van der Waals surface area contributed by atoms with Crippen molar-refractivity contribution in [2.24, 2.45) is 0 Å². The van der Waals surface area contributed by atoms with Crippen molar-refractivity contribution >= 4 is 28.5 Å². The number of hydrogen-bond donors (Lipinski definition) is 2. The third-order valence-corrected chi connectivity index (χ3v) is 5.83. The zero-order valence-corrected chi connectivity index (χ0v) is 19.4. The molecule has 178 valence electrons. The molecule has 3 aromatic carbocycles. The molecule has 8 heteroatoms. The molecule has 8 nitrogen and oxygen atoms in total. The summed E-state index contributed by atoms with van der Waals surface area (Å²) >= 11 is 0. The van der Waals surface area contributed by atoms with Crippen molar-refractivity contribution in [3.8, 4) is 11.5 Å². The van der Waals surface area contributed by atoms with E-state index in [9.17, 15) is 9.59 Å². The van der Waals surface area contributed by atoms with Gasteiger partial charge in [-0.2, -0.15) is 0 Å². The molecule has 35 heavy (non-hydrogen) atoms. The van der Waals surface area contributed by atoms with E-state index < -0.39 is 0 Å². The summed E-state index contributed by atoms with van der Waals surface area (Å²) in [6, 6.07) is 20.6. The Labute approximate surface area is 202 Å². The lowest BCUT2D eigenvalue weighted by Gasteiger charge is -2.11. The molecule has 0 saturated carbocycles. The van der Waals surface area contributed by atoms with Crippen molar-refractivity contribution in [2.45, 2.75) is 26.3 Å². The Morgan fingerprint density at radius 1 is 1.00 bits per heavy atom. The molecule has 1 aromatic heterocycles. The number of benzene rings is 3. The van der Waals surface area contributed by atoms with Crippen molar-refractivity contribution in [2.75, 3.05) is 18.7 Å². The molecule has 2 amide bonds. The van der Waals surface area contributed by atoms with Crippen molar-refractivity contribution < 1.29 is 19.1 Å². The highest BCUT2D eigenvalue weighted by molar-refractivity contribution is 5.94. The Morgan fingerprint density at radius 3 is 2.74 bits per heavy atom. The Hall–Kier alpha value is -4.33. The monoisotopic (exact) mass is 470 g/mol. The number of carbonyl (C=O) groups is 2. The lowest BCUT2D eigenvalue weighted by Crippen LogP contribution is -2.25. The summed E-state index contributed by atoms with van der Waals surface area (Å²) in [4.78, 5) is 30.0. The van der Waals surface area contributed by atoms with Gasteiger partial charge in [0.1, 0.15) is 12.4 Å². The molecule has 0 bridgehead atoms. The standard InChI is InChI=1S/C27H26N4O4/c1-18-6-4-7-19(14-18)27(33)28-13-5-10-25-30-21-8-2-3-9-22(21)31(25)16-26(32)29-20-11-12-23-24(15-20)35-17-34-23/h2-4,6-9,11-12,14-15H,5,10,13,16-17H2,1H3,(H,28,33)(H,29,32). The number of ether oxygens (including phenoxy) is 2. The Morgan fingerprint density at radius 2 is 1.86 bits per heavy atom. The van der Waals surface area contributed by atoms with Crippen LogP contribution in [0.1, 0.15) is 28.2 Å². The van der Waals surface area contributed by atoms with Gasteiger partial charge in [-0.1, -0.05) is 29.8 Å². The van der Waals surface area contributed by atoms with Gasteiger partial charge in [-0.05, 0) is 49.7 Å². The summed E-state index contributed by atoms with van der Waals surface area (Å²) in [6.07, 6.45) is 1.32. The van der Waals surface area contributed by atoms with Crippen LogP contribution in [0, 0.1) is 6.92 Å². The van der Waals surface area contributed by atoms with Crippen LogP contribution in [0.4, 0.5) is 5.69 Å². The molecule has 2 heterocycles. The highest BCUT2D eigenvalue weighted by Gasteiger charge is 2.17. The molecule has 0 fully saturated rings. The number of fused-ring (bicyclic) bond motifs is 2. The molecule has 2 N–H and O–H groups in total. The van der Waals surface area contributed by atoms with E-state index in [0.29, 0.717) is 42.1 Å². The van der Waals surface area contributed by atoms with Gasteiger partial charge in [0, 0.05) is 30.3 Å². The van der Waals surface area contributed by atoms with Gasteiger partial charge in [0.2, 0.25) is 12.7 Å². The number of aryl methyl sites for hydroxylation is 2. The summed E-state index contributed by atoms with van der Waals surface area (Å²) in [5.74, 6) is 1.83. The van der Waals surface area contributed by atoms with E-state index >= 15 is 0 Å².